The molecule has 0 nitrogen and oxygen atoms in total. The van der Waals surface area contributed by atoms with Crippen LogP contribution >= 0.6 is 0 Å². The fourth-order valence-electron chi connectivity index (χ4n) is 0. The molecule has 0 spiro atoms. The second-order valence-corrected chi connectivity index (χ2v) is 1.000. The van der Waals surface area contributed by atoms with Crippen molar-refractivity contribution < 1.29 is 24.0 Å². The van der Waals surface area contributed by atoms with Gasteiger partial charge in [-0.2, -0.15) is 0 Å². The van der Waals surface area contributed by atoms with E-state index in [0.29, 0.717) is 0 Å². The Morgan fingerprint density at radius 3 is 1.17 bits per heavy atom. The molecule has 2 heteroatoms. The molecule has 0 unspecified atom stereocenters. The number of unbranched alkanes of at least 4 members (excludes halogenated alkanes) is 1. The molecule has 0 fully saturated rings. The summed E-state index contributed by atoms with van der Waals surface area (Å²) in [6.45, 7) is 4.36. The third kappa shape index (κ3) is 18.7. The fraction of sp³-hybridized carbons (Fsp3) is 1.00. The Morgan fingerprint density at radius 1 is 1.00 bits per heavy atom. The van der Waals surface area contributed by atoms with E-state index in [1.807, 2.05) is 0 Å². The van der Waals surface area contributed by atoms with Crippen molar-refractivity contribution in [3.63, 3.8) is 0 Å². The molecule has 0 saturated heterocycles. The van der Waals surface area contributed by atoms with Crippen LogP contribution in [-0.2, 0) is 0 Å². The van der Waals surface area contributed by atoms with Crippen LogP contribution in [0.25, 0.3) is 0 Å². The van der Waals surface area contributed by atoms with E-state index in [9.17, 15) is 0 Å². The largest absolute Gasteiger partial charge is 3.00 e. The van der Waals surface area contributed by atoms with Gasteiger partial charge in [-0.25, -0.2) is 0 Å². The Balaban J connectivity index is -0.0000000450. The summed E-state index contributed by atoms with van der Waals surface area (Å²) in [6, 6.07) is 0. The third-order valence-electron chi connectivity index (χ3n) is 0.500. The van der Waals surface area contributed by atoms with E-state index in [2.05, 4.69) is 13.8 Å². The molecular weight excluding hydrogens is 202 g/mol. The molecule has 0 bridgehead atoms. The van der Waals surface area contributed by atoms with Crippen molar-refractivity contribution in [2.24, 2.45) is 0 Å². The second-order valence-electron chi connectivity index (χ2n) is 1.000. The van der Waals surface area contributed by atoms with Gasteiger partial charge in [0.05, 0.1) is 0 Å². The molecule has 34 valence electrons. The van der Waals surface area contributed by atoms with Crippen LogP contribution < -0.4 is 24.0 Å². The monoisotopic (exact) mass is 212 g/mol. The second kappa shape index (κ2) is 16.3. The Kier molecular flexibility index (Phi) is 42.6. The zero-order valence-electron chi connectivity index (χ0n) is 4.37. The van der Waals surface area contributed by atoms with Crippen molar-refractivity contribution in [1.29, 1.82) is 0 Å². The van der Waals surface area contributed by atoms with Gasteiger partial charge in [-0.3, -0.25) is 0 Å². The molecule has 0 amide bonds. The van der Waals surface area contributed by atoms with Gasteiger partial charge in [-0.05, 0) is 0 Å². The van der Waals surface area contributed by atoms with Crippen LogP contribution in [0.5, 0.6) is 0 Å². The molecule has 0 aromatic rings. The molecule has 0 aromatic heterocycles. The predicted molar refractivity (Wildman–Crippen MR) is 26.3 cm³/mol. The Labute approximate surface area is 67.9 Å². The Morgan fingerprint density at radius 2 is 1.17 bits per heavy atom. The van der Waals surface area contributed by atoms with Crippen molar-refractivity contribution in [2.75, 3.05) is 0 Å². The minimum Gasteiger partial charge on any atom is -1.00 e. The topological polar surface area (TPSA) is 0 Å². The Hall–Kier alpha value is 1.26. The van der Waals surface area contributed by atoms with E-state index in [-0.39, 0.29) is 41.3 Å². The molecule has 0 rings (SSSR count). The average molecular weight is 212 g/mol. The first-order valence-corrected chi connectivity index (χ1v) is 1.91. The smallest absolute Gasteiger partial charge is 1.00 e. The maximum absolute atomic E-state index is 2.18. The van der Waals surface area contributed by atoms with Crippen LogP contribution in [0.1, 0.15) is 26.7 Å². The van der Waals surface area contributed by atoms with Crippen molar-refractivity contribution >= 4 is 17.4 Å². The summed E-state index contributed by atoms with van der Waals surface area (Å²) in [5.74, 6) is 0. The predicted octanol–water partition coefficient (Wildman–Crippen LogP) is -1.57. The van der Waals surface area contributed by atoms with Crippen LogP contribution in [0.2, 0.25) is 0 Å². The van der Waals surface area contributed by atoms with E-state index < -0.39 is 0 Å². The number of hydrogen-bond acceptors (Lipinski definition) is 0. The zero-order valence-corrected chi connectivity index (χ0v) is 7.68. The normalized spacial score (nSPS) is 5.00. The SMILES string of the molecule is CCCC.[Al+3].[I-]. The molecule has 0 aliphatic carbocycles. The molecule has 0 aromatic carbocycles. The maximum Gasteiger partial charge on any atom is 3.00 e. The average Bonchev–Trinajstić information content (AvgIpc) is 1.37. The minimum atomic E-state index is 0. The van der Waals surface area contributed by atoms with Crippen molar-refractivity contribution in [2.45, 2.75) is 26.7 Å². The molecule has 0 heterocycles. The van der Waals surface area contributed by atoms with Gasteiger partial charge < -0.3 is 24.0 Å². The minimum absolute atomic E-state index is 0. The molecule has 0 aliphatic rings. The summed E-state index contributed by atoms with van der Waals surface area (Å²) in [4.78, 5) is 0. The summed E-state index contributed by atoms with van der Waals surface area (Å²) >= 11 is 0. The standard InChI is InChI=1S/C4H10.Al.HI/c1-3-4-2;;/h3-4H2,1-2H3;;1H/q;+3;/p-1. The van der Waals surface area contributed by atoms with Crippen LogP contribution in [0.4, 0.5) is 0 Å². The summed E-state index contributed by atoms with van der Waals surface area (Å²) < 4.78 is 0. The van der Waals surface area contributed by atoms with Gasteiger partial charge in [0.25, 0.3) is 0 Å². The molecule has 0 N–H and O–H groups in total. The molecule has 0 saturated carbocycles. The first kappa shape index (κ1) is 15.7. The van der Waals surface area contributed by atoms with Gasteiger partial charge in [0, 0.05) is 0 Å². The van der Waals surface area contributed by atoms with Crippen molar-refractivity contribution in [3.05, 3.63) is 0 Å². The van der Waals surface area contributed by atoms with E-state index in [4.69, 9.17) is 0 Å². The molecule has 0 atom stereocenters. The van der Waals surface area contributed by atoms with E-state index in [1.54, 1.807) is 0 Å². The van der Waals surface area contributed by atoms with Crippen LogP contribution in [0.3, 0.4) is 0 Å². The van der Waals surface area contributed by atoms with Crippen LogP contribution in [0.15, 0.2) is 0 Å². The third-order valence-corrected chi connectivity index (χ3v) is 0.500. The first-order valence-electron chi connectivity index (χ1n) is 1.91. The number of rotatable bonds is 1. The van der Waals surface area contributed by atoms with Gasteiger partial charge >= 0.3 is 17.4 Å². The van der Waals surface area contributed by atoms with Crippen molar-refractivity contribution in [3.8, 4) is 0 Å². The molecule has 0 radical (unpaired) electrons. The summed E-state index contributed by atoms with van der Waals surface area (Å²) in [5, 5.41) is 0. The van der Waals surface area contributed by atoms with E-state index >= 15 is 0 Å². The maximum atomic E-state index is 2.18. The van der Waals surface area contributed by atoms with Crippen molar-refractivity contribution in [1.82, 2.24) is 0 Å². The van der Waals surface area contributed by atoms with Gasteiger partial charge in [0.15, 0.2) is 0 Å². The van der Waals surface area contributed by atoms with Gasteiger partial charge in [0.1, 0.15) is 0 Å². The molecular formula is C4H10AlI+2. The molecule has 0 aliphatic heterocycles. The van der Waals surface area contributed by atoms with E-state index in [0.717, 1.165) is 0 Å². The van der Waals surface area contributed by atoms with Crippen LogP contribution in [0, 0.1) is 0 Å². The van der Waals surface area contributed by atoms with Gasteiger partial charge in [-0.1, -0.05) is 26.7 Å². The summed E-state index contributed by atoms with van der Waals surface area (Å²) in [6.07, 6.45) is 2.64. The first-order chi connectivity index (χ1) is 1.91. The quantitative estimate of drug-likeness (QED) is 0.364. The number of halogens is 1. The Bertz CT molecular complexity index is 9.51. The summed E-state index contributed by atoms with van der Waals surface area (Å²) in [5.41, 5.74) is 0. The van der Waals surface area contributed by atoms with Gasteiger partial charge in [0.2, 0.25) is 0 Å². The van der Waals surface area contributed by atoms with Crippen LogP contribution in [-0.4, -0.2) is 17.4 Å². The number of hydrogen-bond donors (Lipinski definition) is 0. The zero-order chi connectivity index (χ0) is 3.41. The molecule has 6 heavy (non-hydrogen) atoms. The summed E-state index contributed by atoms with van der Waals surface area (Å²) in [7, 11) is 0. The fourth-order valence-corrected chi connectivity index (χ4v) is 0. The van der Waals surface area contributed by atoms with Gasteiger partial charge in [-0.15, -0.1) is 0 Å². The van der Waals surface area contributed by atoms with E-state index in [1.165, 1.54) is 12.8 Å².